The highest BCUT2D eigenvalue weighted by atomic mass is 15.0. The lowest BCUT2D eigenvalue weighted by Crippen LogP contribution is -1.99. The lowest BCUT2D eigenvalue weighted by Gasteiger charge is -2.14. The van der Waals surface area contributed by atoms with Crippen molar-refractivity contribution in [1.82, 2.24) is 14.1 Å². The van der Waals surface area contributed by atoms with Gasteiger partial charge in [-0.15, -0.1) is 0 Å². The van der Waals surface area contributed by atoms with Gasteiger partial charge in [0.05, 0.1) is 27.8 Å². The summed E-state index contributed by atoms with van der Waals surface area (Å²) in [5.74, 6) is 0. The van der Waals surface area contributed by atoms with E-state index in [4.69, 9.17) is 0 Å². The summed E-state index contributed by atoms with van der Waals surface area (Å²) in [6.07, 6.45) is 3.84. The number of benzene rings is 6. The molecule has 0 unspecified atom stereocenters. The average molecular weight is 510 g/mol. The molecule has 0 aliphatic carbocycles. The van der Waals surface area contributed by atoms with Crippen molar-refractivity contribution in [2.75, 3.05) is 0 Å². The summed E-state index contributed by atoms with van der Waals surface area (Å²) in [6, 6.07) is 46.2. The van der Waals surface area contributed by atoms with E-state index in [0.29, 0.717) is 0 Å². The third-order valence-corrected chi connectivity index (χ3v) is 8.36. The molecule has 0 saturated heterocycles. The molecule has 6 aromatic carbocycles. The van der Waals surface area contributed by atoms with E-state index in [2.05, 4.69) is 142 Å². The van der Waals surface area contributed by atoms with Gasteiger partial charge in [-0.05, 0) is 47.2 Å². The van der Waals surface area contributed by atoms with E-state index in [-0.39, 0.29) is 0 Å². The molecule has 0 N–H and O–H groups in total. The van der Waals surface area contributed by atoms with Crippen molar-refractivity contribution < 1.29 is 0 Å². The molecule has 0 bridgehead atoms. The zero-order valence-corrected chi connectivity index (χ0v) is 21.6. The van der Waals surface area contributed by atoms with Crippen LogP contribution in [0, 0.1) is 0 Å². The van der Waals surface area contributed by atoms with Gasteiger partial charge in [0.1, 0.15) is 0 Å². The minimum atomic E-state index is 1.13. The first kappa shape index (κ1) is 21.5. The van der Waals surface area contributed by atoms with Crippen LogP contribution >= 0.6 is 0 Å². The molecule has 9 rings (SSSR count). The Morgan fingerprint density at radius 2 is 1.07 bits per heavy atom. The van der Waals surface area contributed by atoms with Gasteiger partial charge in [-0.2, -0.15) is 0 Å². The van der Waals surface area contributed by atoms with Gasteiger partial charge in [-0.1, -0.05) is 91.0 Å². The summed E-state index contributed by atoms with van der Waals surface area (Å²) >= 11 is 0. The van der Waals surface area contributed by atoms with E-state index >= 15 is 0 Å². The third kappa shape index (κ3) is 2.86. The van der Waals surface area contributed by atoms with E-state index in [1.807, 2.05) is 12.4 Å². The van der Waals surface area contributed by atoms with Crippen molar-refractivity contribution >= 4 is 65.2 Å². The summed E-state index contributed by atoms with van der Waals surface area (Å²) in [5.41, 5.74) is 7.16. The first-order valence-electron chi connectivity index (χ1n) is 13.6. The fourth-order valence-corrected chi connectivity index (χ4v) is 6.64. The number of hydrogen-bond acceptors (Lipinski definition) is 1. The Kier molecular flexibility index (Phi) is 4.33. The number of para-hydroxylation sites is 2. The van der Waals surface area contributed by atoms with E-state index < -0.39 is 0 Å². The number of aromatic nitrogens is 3. The molecule has 0 spiro atoms. The Bertz CT molecular complexity index is 2440. The summed E-state index contributed by atoms with van der Waals surface area (Å²) in [6.45, 7) is 0. The topological polar surface area (TPSA) is 22.8 Å². The van der Waals surface area contributed by atoms with Crippen LogP contribution < -0.4 is 0 Å². The maximum Gasteiger partial charge on any atom is 0.0789 e. The zero-order valence-electron chi connectivity index (χ0n) is 21.6. The van der Waals surface area contributed by atoms with Gasteiger partial charge in [-0.3, -0.25) is 4.98 Å². The van der Waals surface area contributed by atoms with E-state index in [0.717, 1.165) is 16.8 Å². The van der Waals surface area contributed by atoms with Crippen molar-refractivity contribution in [3.05, 3.63) is 140 Å². The molecule has 0 atom stereocenters. The summed E-state index contributed by atoms with van der Waals surface area (Å²) in [5, 5.41) is 9.81. The predicted octanol–water partition coefficient (Wildman–Crippen LogP) is 9.58. The Labute approximate surface area is 230 Å². The minimum absolute atomic E-state index is 1.13. The predicted molar refractivity (Wildman–Crippen MR) is 168 cm³/mol. The van der Waals surface area contributed by atoms with Crippen LogP contribution in [0.2, 0.25) is 0 Å². The van der Waals surface area contributed by atoms with Gasteiger partial charge in [0.2, 0.25) is 0 Å². The maximum absolute atomic E-state index is 4.40. The quantitative estimate of drug-likeness (QED) is 0.227. The molecule has 0 fully saturated rings. The largest absolute Gasteiger partial charge is 0.307 e. The molecule has 3 aromatic heterocycles. The number of nitrogens with zero attached hydrogens (tertiary/aromatic N) is 3. The molecule has 0 amide bonds. The van der Waals surface area contributed by atoms with Crippen molar-refractivity contribution in [3.8, 4) is 11.4 Å². The van der Waals surface area contributed by atoms with Gasteiger partial charge >= 0.3 is 0 Å². The van der Waals surface area contributed by atoms with Crippen LogP contribution in [-0.2, 0) is 0 Å². The number of hydrogen-bond donors (Lipinski definition) is 0. The van der Waals surface area contributed by atoms with Crippen LogP contribution in [-0.4, -0.2) is 14.1 Å². The molecule has 3 heteroatoms. The summed E-state index contributed by atoms with van der Waals surface area (Å²) < 4.78 is 4.92. The molecule has 0 aliphatic heterocycles. The van der Waals surface area contributed by atoms with Crippen molar-refractivity contribution in [3.63, 3.8) is 0 Å². The maximum atomic E-state index is 4.40. The standard InChI is InChI=1S/C37H23N3/c1-2-9-25-22-27(17-16-24(25)8-1)39-34-13-5-3-11-29(34)31-18-19-32-30-12-4-6-14-35(30)40(37(32)36(31)39)33-15-7-10-26-23-38-21-20-28(26)33/h1-23H. The smallest absolute Gasteiger partial charge is 0.0789 e. The van der Waals surface area contributed by atoms with Crippen molar-refractivity contribution in [1.29, 1.82) is 0 Å². The van der Waals surface area contributed by atoms with E-state index in [1.54, 1.807) is 0 Å². The molecule has 186 valence electrons. The van der Waals surface area contributed by atoms with Gasteiger partial charge in [0.15, 0.2) is 0 Å². The highest BCUT2D eigenvalue weighted by Gasteiger charge is 2.21. The van der Waals surface area contributed by atoms with Gasteiger partial charge in [0.25, 0.3) is 0 Å². The average Bonchev–Trinajstić information content (AvgIpc) is 3.54. The molecule has 0 radical (unpaired) electrons. The minimum Gasteiger partial charge on any atom is -0.307 e. The first-order chi connectivity index (χ1) is 19.9. The van der Waals surface area contributed by atoms with Crippen LogP contribution in [0.5, 0.6) is 0 Å². The molecule has 0 aliphatic rings. The van der Waals surface area contributed by atoms with Crippen LogP contribution in [0.25, 0.3) is 76.5 Å². The van der Waals surface area contributed by atoms with Crippen LogP contribution in [0.1, 0.15) is 0 Å². The van der Waals surface area contributed by atoms with Gasteiger partial charge < -0.3 is 9.13 Å². The Balaban J connectivity index is 1.54. The molecule has 3 heterocycles. The monoisotopic (exact) mass is 509 g/mol. The molecular formula is C37H23N3. The second-order valence-corrected chi connectivity index (χ2v) is 10.5. The molecule has 0 saturated carbocycles. The summed E-state index contributed by atoms with van der Waals surface area (Å²) in [7, 11) is 0. The fourth-order valence-electron chi connectivity index (χ4n) is 6.64. The summed E-state index contributed by atoms with van der Waals surface area (Å²) in [4.78, 5) is 4.40. The number of rotatable bonds is 2. The number of fused-ring (bicyclic) bond motifs is 9. The second kappa shape index (κ2) is 8.05. The second-order valence-electron chi connectivity index (χ2n) is 10.5. The lowest BCUT2D eigenvalue weighted by atomic mass is 10.1. The van der Waals surface area contributed by atoms with Crippen LogP contribution in [0.3, 0.4) is 0 Å². The highest BCUT2D eigenvalue weighted by molar-refractivity contribution is 6.24. The third-order valence-electron chi connectivity index (χ3n) is 8.36. The highest BCUT2D eigenvalue weighted by Crippen LogP contribution is 2.42. The van der Waals surface area contributed by atoms with Gasteiger partial charge in [0, 0.05) is 50.4 Å². The van der Waals surface area contributed by atoms with Crippen molar-refractivity contribution in [2.45, 2.75) is 0 Å². The Hall–Kier alpha value is -5.41. The fraction of sp³-hybridized carbons (Fsp3) is 0. The molecule has 9 aromatic rings. The lowest BCUT2D eigenvalue weighted by molar-refractivity contribution is 1.16. The molecule has 40 heavy (non-hydrogen) atoms. The zero-order chi connectivity index (χ0) is 26.2. The van der Waals surface area contributed by atoms with Gasteiger partial charge in [-0.25, -0.2) is 0 Å². The van der Waals surface area contributed by atoms with Crippen LogP contribution in [0.4, 0.5) is 0 Å². The number of pyridine rings is 1. The normalized spacial score (nSPS) is 12.0. The SMILES string of the molecule is c1ccc2cc(-n3c4ccccc4c4ccc5c6ccccc6n(-c6cccc7cnccc67)c5c43)ccc2c1. The Morgan fingerprint density at radius 3 is 1.88 bits per heavy atom. The van der Waals surface area contributed by atoms with E-state index in [9.17, 15) is 0 Å². The molecular weight excluding hydrogens is 486 g/mol. The first-order valence-corrected chi connectivity index (χ1v) is 13.6. The molecule has 3 nitrogen and oxygen atoms in total. The van der Waals surface area contributed by atoms with E-state index in [1.165, 1.54) is 59.8 Å². The van der Waals surface area contributed by atoms with Crippen LogP contribution in [0.15, 0.2) is 140 Å². The van der Waals surface area contributed by atoms with Crippen molar-refractivity contribution in [2.24, 2.45) is 0 Å². The Morgan fingerprint density at radius 1 is 0.425 bits per heavy atom.